The highest BCUT2D eigenvalue weighted by molar-refractivity contribution is 6.07. The molecular formula is C28H36O7. The summed E-state index contributed by atoms with van der Waals surface area (Å²) in [5.74, 6) is 2.82. The van der Waals surface area contributed by atoms with E-state index in [1.807, 2.05) is 24.3 Å². The van der Waals surface area contributed by atoms with Gasteiger partial charge in [-0.15, -0.1) is 0 Å². The third-order valence-corrected chi connectivity index (χ3v) is 6.27. The van der Waals surface area contributed by atoms with Gasteiger partial charge in [0.05, 0.1) is 26.4 Å². The Labute approximate surface area is 206 Å². The fourth-order valence-electron chi connectivity index (χ4n) is 4.00. The van der Waals surface area contributed by atoms with E-state index in [9.17, 15) is 0 Å². The molecular weight excluding hydrogens is 448 g/mol. The van der Waals surface area contributed by atoms with Gasteiger partial charge in [0.1, 0.15) is 36.6 Å². The van der Waals surface area contributed by atoms with Crippen LogP contribution in [0, 0.1) is 0 Å². The smallest absolute Gasteiger partial charge is 0.164 e. The van der Waals surface area contributed by atoms with Crippen molar-refractivity contribution in [1.82, 2.24) is 0 Å². The minimum absolute atomic E-state index is 0.164. The molecule has 2 unspecified atom stereocenters. The summed E-state index contributed by atoms with van der Waals surface area (Å²) in [5, 5.41) is 1.91. The maximum atomic E-state index is 6.25. The lowest BCUT2D eigenvalue weighted by atomic mass is 10.1. The van der Waals surface area contributed by atoms with Gasteiger partial charge in [0.2, 0.25) is 0 Å². The van der Waals surface area contributed by atoms with Crippen molar-refractivity contribution in [2.45, 2.75) is 64.6 Å². The Balaban J connectivity index is 1.45. The maximum absolute atomic E-state index is 6.25. The Morgan fingerprint density at radius 1 is 0.629 bits per heavy atom. The molecule has 2 saturated heterocycles. The second-order valence-corrected chi connectivity index (χ2v) is 9.34. The highest BCUT2D eigenvalue weighted by Gasteiger charge is 2.26. The first-order chi connectivity index (χ1) is 17.2. The van der Waals surface area contributed by atoms with Gasteiger partial charge in [0, 0.05) is 22.9 Å². The van der Waals surface area contributed by atoms with Crippen molar-refractivity contribution < 1.29 is 32.8 Å². The second-order valence-electron chi connectivity index (χ2n) is 9.34. The molecule has 2 aromatic carbocycles. The monoisotopic (exact) mass is 484 g/mol. The van der Waals surface area contributed by atoms with Gasteiger partial charge in [0.25, 0.3) is 0 Å². The zero-order valence-electron chi connectivity index (χ0n) is 20.8. The lowest BCUT2D eigenvalue weighted by Gasteiger charge is -2.13. The van der Waals surface area contributed by atoms with E-state index in [2.05, 4.69) is 13.8 Å². The lowest BCUT2D eigenvalue weighted by molar-refractivity contribution is 0.239. The van der Waals surface area contributed by atoms with Crippen molar-refractivity contribution >= 4 is 21.9 Å². The number of benzene rings is 2. The molecule has 7 nitrogen and oxygen atoms in total. The quantitative estimate of drug-likeness (QED) is 0.175. The summed E-state index contributed by atoms with van der Waals surface area (Å²) in [6.07, 6.45) is 6.90. The van der Waals surface area contributed by atoms with Gasteiger partial charge in [-0.3, -0.25) is 0 Å². The fraction of sp³-hybridized carbons (Fsp3) is 0.571. The highest BCUT2D eigenvalue weighted by Crippen LogP contribution is 2.42. The summed E-state index contributed by atoms with van der Waals surface area (Å²) in [4.78, 5) is 0. The Kier molecular flexibility index (Phi) is 7.84. The molecule has 0 radical (unpaired) electrons. The number of ether oxygens (including phenoxy) is 6. The third-order valence-electron chi connectivity index (χ3n) is 6.27. The topological polar surface area (TPSA) is 75.1 Å². The van der Waals surface area contributed by atoms with E-state index in [-0.39, 0.29) is 12.2 Å². The Morgan fingerprint density at radius 3 is 1.46 bits per heavy atom. The van der Waals surface area contributed by atoms with Crippen LogP contribution < -0.4 is 18.9 Å². The molecule has 2 aliphatic rings. The van der Waals surface area contributed by atoms with E-state index >= 15 is 0 Å². The molecule has 1 aromatic heterocycles. The first-order valence-electron chi connectivity index (χ1n) is 13.0. The van der Waals surface area contributed by atoms with Gasteiger partial charge in [0.15, 0.2) is 23.0 Å². The van der Waals surface area contributed by atoms with Crippen LogP contribution in [0.3, 0.4) is 0 Å². The van der Waals surface area contributed by atoms with Gasteiger partial charge >= 0.3 is 0 Å². The van der Waals surface area contributed by atoms with Crippen LogP contribution in [-0.2, 0) is 9.47 Å². The van der Waals surface area contributed by atoms with Crippen molar-refractivity contribution in [2.75, 3.05) is 39.6 Å². The largest absolute Gasteiger partial charge is 0.490 e. The van der Waals surface area contributed by atoms with Crippen LogP contribution in [0.5, 0.6) is 23.0 Å². The average molecular weight is 485 g/mol. The number of fused-ring (bicyclic) bond motifs is 3. The molecule has 190 valence electrons. The fourth-order valence-corrected chi connectivity index (χ4v) is 4.00. The molecule has 2 aliphatic heterocycles. The first-order valence-corrected chi connectivity index (χ1v) is 13.0. The summed E-state index contributed by atoms with van der Waals surface area (Å²) in [6, 6.07) is 7.89. The van der Waals surface area contributed by atoms with Crippen molar-refractivity contribution in [2.24, 2.45) is 0 Å². The van der Waals surface area contributed by atoms with Crippen LogP contribution in [0.2, 0.25) is 0 Å². The van der Waals surface area contributed by atoms with E-state index in [4.69, 9.17) is 32.8 Å². The number of hydrogen-bond acceptors (Lipinski definition) is 7. The molecule has 7 heteroatoms. The van der Waals surface area contributed by atoms with Crippen LogP contribution in [0.15, 0.2) is 28.7 Å². The van der Waals surface area contributed by atoms with Crippen molar-refractivity contribution in [3.05, 3.63) is 24.3 Å². The molecule has 3 aromatic rings. The number of epoxide rings is 2. The molecule has 2 fully saturated rings. The summed E-state index contributed by atoms with van der Waals surface area (Å²) in [5.41, 5.74) is 1.50. The summed E-state index contributed by atoms with van der Waals surface area (Å²) < 4.78 is 41.3. The zero-order chi connectivity index (χ0) is 24.0. The molecule has 0 spiro atoms. The molecule has 0 bridgehead atoms. The summed E-state index contributed by atoms with van der Waals surface area (Å²) in [7, 11) is 0. The standard InChI is InChI=1S/C28H36O7/c1-3-5-7-9-29-27-13-23-21(11-25(27)33-17-19-15-31-19)22-12-26(34-18-20-16-32-20)28(14-24(22)35-23)30-10-8-6-4-2/h11-14,19-20H,3-10,15-18H2,1-2H3. The second kappa shape index (κ2) is 11.4. The molecule has 0 aliphatic carbocycles. The molecule has 0 saturated carbocycles. The number of rotatable bonds is 16. The van der Waals surface area contributed by atoms with Crippen LogP contribution in [0.25, 0.3) is 21.9 Å². The van der Waals surface area contributed by atoms with Crippen LogP contribution in [-0.4, -0.2) is 51.8 Å². The highest BCUT2D eigenvalue weighted by atomic mass is 16.6. The van der Waals surface area contributed by atoms with Crippen molar-refractivity contribution in [3.63, 3.8) is 0 Å². The van der Waals surface area contributed by atoms with Gasteiger partial charge in [-0.1, -0.05) is 39.5 Å². The average Bonchev–Trinajstić information content (AvgIpc) is 3.79. The predicted molar refractivity (Wildman–Crippen MR) is 134 cm³/mol. The Bertz CT molecular complexity index is 1030. The van der Waals surface area contributed by atoms with Gasteiger partial charge in [-0.2, -0.15) is 0 Å². The SMILES string of the molecule is CCCCCOc1cc2oc3cc(OCCCCC)c(OCC4CO4)cc3c2cc1OCC1CO1. The number of unbranched alkanes of at least 4 members (excludes halogenated alkanes) is 4. The van der Waals surface area contributed by atoms with E-state index in [1.54, 1.807) is 0 Å². The number of hydrogen-bond donors (Lipinski definition) is 0. The van der Waals surface area contributed by atoms with Gasteiger partial charge in [-0.05, 0) is 25.0 Å². The Morgan fingerprint density at radius 2 is 1.06 bits per heavy atom. The molecule has 3 heterocycles. The lowest BCUT2D eigenvalue weighted by Crippen LogP contribution is -2.06. The normalized spacial score (nSPS) is 18.7. The van der Waals surface area contributed by atoms with E-state index in [0.29, 0.717) is 49.4 Å². The van der Waals surface area contributed by atoms with E-state index in [0.717, 1.165) is 73.7 Å². The molecule has 35 heavy (non-hydrogen) atoms. The number of furan rings is 1. The van der Waals surface area contributed by atoms with E-state index < -0.39 is 0 Å². The molecule has 2 atom stereocenters. The van der Waals surface area contributed by atoms with Gasteiger partial charge in [-0.25, -0.2) is 0 Å². The summed E-state index contributed by atoms with van der Waals surface area (Å²) >= 11 is 0. The molecule has 5 rings (SSSR count). The van der Waals surface area contributed by atoms with E-state index in [1.165, 1.54) is 0 Å². The maximum Gasteiger partial charge on any atom is 0.164 e. The Hall–Kier alpha value is -2.64. The van der Waals surface area contributed by atoms with Crippen LogP contribution >= 0.6 is 0 Å². The van der Waals surface area contributed by atoms with Crippen molar-refractivity contribution in [3.8, 4) is 23.0 Å². The van der Waals surface area contributed by atoms with Crippen LogP contribution in [0.4, 0.5) is 0 Å². The third kappa shape index (κ3) is 6.33. The van der Waals surface area contributed by atoms with Crippen LogP contribution in [0.1, 0.15) is 52.4 Å². The zero-order valence-corrected chi connectivity index (χ0v) is 20.8. The first kappa shape index (κ1) is 24.1. The summed E-state index contributed by atoms with van der Waals surface area (Å²) in [6.45, 7) is 8.17. The predicted octanol–water partition coefficient (Wildman–Crippen LogP) is 6.28. The van der Waals surface area contributed by atoms with Crippen molar-refractivity contribution in [1.29, 1.82) is 0 Å². The molecule has 0 amide bonds. The minimum atomic E-state index is 0.164. The van der Waals surface area contributed by atoms with Gasteiger partial charge < -0.3 is 32.8 Å². The minimum Gasteiger partial charge on any atom is -0.490 e. The molecule has 0 N–H and O–H groups in total.